The second-order valence-corrected chi connectivity index (χ2v) is 3.44. The molecule has 0 spiro atoms. The summed E-state index contributed by atoms with van der Waals surface area (Å²) >= 11 is 0. The van der Waals surface area contributed by atoms with E-state index in [1.54, 1.807) is 0 Å². The SMILES string of the molecule is C=Cc1ccc(C#Cc2ccccc2)cc1. The Morgan fingerprint density at radius 3 is 1.88 bits per heavy atom. The van der Waals surface area contributed by atoms with Crippen LogP contribution in [0.25, 0.3) is 6.08 Å². The van der Waals surface area contributed by atoms with Crippen LogP contribution in [0.1, 0.15) is 16.7 Å². The van der Waals surface area contributed by atoms with Crippen molar-refractivity contribution in [2.24, 2.45) is 0 Å². The summed E-state index contributed by atoms with van der Waals surface area (Å²) in [5.74, 6) is 6.25. The van der Waals surface area contributed by atoms with Crippen molar-refractivity contribution >= 4 is 6.08 Å². The van der Waals surface area contributed by atoms with Crippen molar-refractivity contribution in [1.29, 1.82) is 0 Å². The largest absolute Gasteiger partial charge is 0.0985 e. The van der Waals surface area contributed by atoms with Crippen molar-refractivity contribution < 1.29 is 0 Å². The van der Waals surface area contributed by atoms with Gasteiger partial charge in [0.2, 0.25) is 0 Å². The van der Waals surface area contributed by atoms with E-state index in [1.165, 1.54) is 0 Å². The second-order valence-electron chi connectivity index (χ2n) is 3.44. The molecule has 0 saturated heterocycles. The Bertz CT molecular complexity index is 522. The minimum Gasteiger partial charge on any atom is -0.0985 e. The molecule has 0 aliphatic rings. The van der Waals surface area contributed by atoms with Gasteiger partial charge in [0.1, 0.15) is 0 Å². The van der Waals surface area contributed by atoms with E-state index in [0.29, 0.717) is 0 Å². The first kappa shape index (κ1) is 10.3. The van der Waals surface area contributed by atoms with Crippen LogP contribution in [0, 0.1) is 11.8 Å². The molecule has 0 fully saturated rings. The van der Waals surface area contributed by atoms with Crippen LogP contribution in [0.5, 0.6) is 0 Å². The monoisotopic (exact) mass is 204 g/mol. The molecule has 0 radical (unpaired) electrons. The molecule has 2 rings (SSSR count). The Labute approximate surface area is 96.3 Å². The van der Waals surface area contributed by atoms with Gasteiger partial charge in [-0.1, -0.05) is 54.8 Å². The van der Waals surface area contributed by atoms with Crippen LogP contribution in [-0.2, 0) is 0 Å². The minimum absolute atomic E-state index is 1.02. The van der Waals surface area contributed by atoms with Gasteiger partial charge in [-0.15, -0.1) is 0 Å². The zero-order valence-electron chi connectivity index (χ0n) is 8.98. The van der Waals surface area contributed by atoms with Gasteiger partial charge in [0.15, 0.2) is 0 Å². The van der Waals surface area contributed by atoms with Crippen LogP contribution in [0.2, 0.25) is 0 Å². The van der Waals surface area contributed by atoms with Gasteiger partial charge in [0.05, 0.1) is 0 Å². The smallest absolute Gasteiger partial charge is 0.0249 e. The Kier molecular flexibility index (Phi) is 3.21. The van der Waals surface area contributed by atoms with Crippen LogP contribution in [-0.4, -0.2) is 0 Å². The molecule has 0 heteroatoms. The highest BCUT2D eigenvalue weighted by Crippen LogP contribution is 2.04. The molecule has 0 heterocycles. The van der Waals surface area contributed by atoms with Gasteiger partial charge in [0.25, 0.3) is 0 Å². The summed E-state index contributed by atoms with van der Waals surface area (Å²) < 4.78 is 0. The molecule has 2 aromatic rings. The lowest BCUT2D eigenvalue weighted by atomic mass is 10.1. The van der Waals surface area contributed by atoms with Crippen LogP contribution in [0.3, 0.4) is 0 Å². The third-order valence-corrected chi connectivity index (χ3v) is 2.27. The average Bonchev–Trinajstić information content (AvgIpc) is 2.38. The standard InChI is InChI=1S/C16H12/c1-2-14-8-10-16(11-9-14)13-12-15-6-4-3-5-7-15/h2-11H,1H2. The van der Waals surface area contributed by atoms with Crippen molar-refractivity contribution in [3.05, 3.63) is 77.9 Å². The molecular formula is C16H12. The van der Waals surface area contributed by atoms with Crippen molar-refractivity contribution in [1.82, 2.24) is 0 Å². The van der Waals surface area contributed by atoms with Gasteiger partial charge >= 0.3 is 0 Å². The molecule has 76 valence electrons. The number of hydrogen-bond donors (Lipinski definition) is 0. The Hall–Kier alpha value is -2.26. The molecular weight excluding hydrogens is 192 g/mol. The highest BCUT2D eigenvalue weighted by molar-refractivity contribution is 5.50. The summed E-state index contributed by atoms with van der Waals surface area (Å²) in [6, 6.07) is 18.0. The lowest BCUT2D eigenvalue weighted by molar-refractivity contribution is 1.60. The molecule has 0 bridgehead atoms. The molecule has 0 nitrogen and oxygen atoms in total. The van der Waals surface area contributed by atoms with E-state index >= 15 is 0 Å². The van der Waals surface area contributed by atoms with Gasteiger partial charge < -0.3 is 0 Å². The number of rotatable bonds is 1. The zero-order valence-corrected chi connectivity index (χ0v) is 8.98. The van der Waals surface area contributed by atoms with E-state index in [4.69, 9.17) is 0 Å². The highest BCUT2D eigenvalue weighted by Gasteiger charge is 1.87. The van der Waals surface area contributed by atoms with Crippen molar-refractivity contribution in [3.63, 3.8) is 0 Å². The third-order valence-electron chi connectivity index (χ3n) is 2.27. The van der Waals surface area contributed by atoms with Gasteiger partial charge in [-0.25, -0.2) is 0 Å². The first-order chi connectivity index (χ1) is 7.88. The number of hydrogen-bond acceptors (Lipinski definition) is 0. The molecule has 0 unspecified atom stereocenters. The fourth-order valence-corrected chi connectivity index (χ4v) is 1.37. The Balaban J connectivity index is 2.21. The van der Waals surface area contributed by atoms with Crippen molar-refractivity contribution in [2.75, 3.05) is 0 Å². The Morgan fingerprint density at radius 2 is 1.31 bits per heavy atom. The topological polar surface area (TPSA) is 0 Å². The molecule has 0 saturated carbocycles. The van der Waals surface area contributed by atoms with Crippen LogP contribution >= 0.6 is 0 Å². The van der Waals surface area contributed by atoms with Crippen LogP contribution in [0.4, 0.5) is 0 Å². The van der Waals surface area contributed by atoms with Crippen molar-refractivity contribution in [3.8, 4) is 11.8 Å². The first-order valence-electron chi connectivity index (χ1n) is 5.18. The van der Waals surface area contributed by atoms with Crippen LogP contribution in [0.15, 0.2) is 61.2 Å². The van der Waals surface area contributed by atoms with Crippen molar-refractivity contribution in [2.45, 2.75) is 0 Å². The molecule has 2 aromatic carbocycles. The molecule has 0 aliphatic heterocycles. The first-order valence-corrected chi connectivity index (χ1v) is 5.18. The summed E-state index contributed by atoms with van der Waals surface area (Å²) in [6.45, 7) is 3.72. The fraction of sp³-hybridized carbons (Fsp3) is 0. The molecule has 0 amide bonds. The van der Waals surface area contributed by atoms with Gasteiger partial charge in [-0.2, -0.15) is 0 Å². The average molecular weight is 204 g/mol. The lowest BCUT2D eigenvalue weighted by Gasteiger charge is -1.92. The molecule has 0 aromatic heterocycles. The lowest BCUT2D eigenvalue weighted by Crippen LogP contribution is -1.76. The predicted octanol–water partition coefficient (Wildman–Crippen LogP) is 3.73. The number of benzene rings is 2. The van der Waals surface area contributed by atoms with Gasteiger partial charge in [-0.05, 0) is 29.8 Å². The van der Waals surface area contributed by atoms with E-state index < -0.39 is 0 Å². The molecule has 0 aliphatic carbocycles. The van der Waals surface area contributed by atoms with E-state index in [2.05, 4.69) is 18.4 Å². The Morgan fingerprint density at radius 1 is 0.750 bits per heavy atom. The minimum atomic E-state index is 1.02. The highest BCUT2D eigenvalue weighted by atomic mass is 13.9. The molecule has 0 N–H and O–H groups in total. The van der Waals surface area contributed by atoms with Crippen LogP contribution < -0.4 is 0 Å². The maximum absolute atomic E-state index is 3.72. The quantitative estimate of drug-likeness (QED) is 0.621. The summed E-state index contributed by atoms with van der Waals surface area (Å²) in [7, 11) is 0. The summed E-state index contributed by atoms with van der Waals surface area (Å²) in [5, 5.41) is 0. The normalized spacial score (nSPS) is 9.00. The molecule has 0 atom stereocenters. The summed E-state index contributed by atoms with van der Waals surface area (Å²) in [5.41, 5.74) is 3.18. The zero-order chi connectivity index (χ0) is 11.2. The second kappa shape index (κ2) is 5.00. The van der Waals surface area contributed by atoms with E-state index in [-0.39, 0.29) is 0 Å². The third kappa shape index (κ3) is 2.62. The van der Waals surface area contributed by atoms with Gasteiger partial charge in [-0.3, -0.25) is 0 Å². The summed E-state index contributed by atoms with van der Waals surface area (Å²) in [6.07, 6.45) is 1.83. The predicted molar refractivity (Wildman–Crippen MR) is 69.0 cm³/mol. The fourth-order valence-electron chi connectivity index (χ4n) is 1.37. The maximum atomic E-state index is 3.72. The molecule has 16 heavy (non-hydrogen) atoms. The summed E-state index contributed by atoms with van der Waals surface area (Å²) in [4.78, 5) is 0. The van der Waals surface area contributed by atoms with E-state index in [0.717, 1.165) is 16.7 Å². The van der Waals surface area contributed by atoms with E-state index in [9.17, 15) is 0 Å². The maximum Gasteiger partial charge on any atom is 0.0249 e. The van der Waals surface area contributed by atoms with E-state index in [1.807, 2.05) is 60.7 Å². The van der Waals surface area contributed by atoms with Gasteiger partial charge in [0, 0.05) is 11.1 Å².